The van der Waals surface area contributed by atoms with E-state index in [1.54, 1.807) is 17.7 Å². The summed E-state index contributed by atoms with van der Waals surface area (Å²) in [5.41, 5.74) is 5.97. The van der Waals surface area contributed by atoms with Crippen LogP contribution in [0, 0.1) is 11.8 Å². The highest BCUT2D eigenvalue weighted by atomic mass is 35.5. The minimum Gasteiger partial charge on any atom is -0.355 e. The Bertz CT molecular complexity index is 784. The zero-order chi connectivity index (χ0) is 18.1. The highest BCUT2D eigenvalue weighted by Crippen LogP contribution is 2.31. The molecule has 148 valence electrons. The second kappa shape index (κ2) is 8.71. The monoisotopic (exact) mass is 409 g/mol. The standard InChI is InChI=1S/C19H27N5OS.ClH/c1-13-4-7-24(15(9-13)10-20)19(25)14-3-2-6-23(11-14)17-16-5-8-26-18(16)22-12-21-17;/h5,8,12-15H,2-4,6-7,9-11,20H2,1H3;1H. The molecule has 0 saturated carbocycles. The summed E-state index contributed by atoms with van der Waals surface area (Å²) in [5.74, 6) is 1.95. The van der Waals surface area contributed by atoms with Crippen LogP contribution in [-0.2, 0) is 4.79 Å². The third-order valence-corrected chi connectivity index (χ3v) is 6.66. The van der Waals surface area contributed by atoms with Gasteiger partial charge in [0.2, 0.25) is 5.91 Å². The second-order valence-electron chi connectivity index (χ2n) is 7.67. The summed E-state index contributed by atoms with van der Waals surface area (Å²) in [6.45, 7) is 5.36. The van der Waals surface area contributed by atoms with E-state index >= 15 is 0 Å². The van der Waals surface area contributed by atoms with Crippen molar-refractivity contribution in [1.82, 2.24) is 14.9 Å². The van der Waals surface area contributed by atoms with Gasteiger partial charge in [0, 0.05) is 32.2 Å². The van der Waals surface area contributed by atoms with Gasteiger partial charge in [0.15, 0.2) is 0 Å². The minimum atomic E-state index is 0. The minimum absolute atomic E-state index is 0. The molecule has 0 bridgehead atoms. The van der Waals surface area contributed by atoms with Crippen molar-refractivity contribution in [2.45, 2.75) is 38.6 Å². The van der Waals surface area contributed by atoms with Crippen molar-refractivity contribution < 1.29 is 4.79 Å². The van der Waals surface area contributed by atoms with Gasteiger partial charge in [-0.1, -0.05) is 6.92 Å². The van der Waals surface area contributed by atoms with Crippen LogP contribution in [0.5, 0.6) is 0 Å². The molecule has 2 aliphatic heterocycles. The highest BCUT2D eigenvalue weighted by molar-refractivity contribution is 7.16. The molecule has 3 unspecified atom stereocenters. The Morgan fingerprint density at radius 1 is 1.33 bits per heavy atom. The van der Waals surface area contributed by atoms with E-state index in [1.165, 1.54) is 0 Å². The fraction of sp³-hybridized carbons (Fsp3) is 0.632. The molecule has 0 radical (unpaired) electrons. The van der Waals surface area contributed by atoms with Crippen molar-refractivity contribution in [1.29, 1.82) is 0 Å². The lowest BCUT2D eigenvalue weighted by molar-refractivity contribution is -0.140. The van der Waals surface area contributed by atoms with Crippen LogP contribution in [-0.4, -0.2) is 53.0 Å². The normalized spacial score (nSPS) is 26.1. The molecule has 1 amide bonds. The molecule has 2 N–H and O–H groups in total. The van der Waals surface area contributed by atoms with Crippen molar-refractivity contribution in [3.8, 4) is 0 Å². The zero-order valence-corrected chi connectivity index (χ0v) is 17.3. The number of hydrogen-bond acceptors (Lipinski definition) is 6. The molecule has 4 heterocycles. The number of amides is 1. The van der Waals surface area contributed by atoms with Crippen molar-refractivity contribution in [3.05, 3.63) is 17.8 Å². The predicted molar refractivity (Wildman–Crippen MR) is 113 cm³/mol. The molecule has 2 aliphatic rings. The van der Waals surface area contributed by atoms with E-state index in [9.17, 15) is 4.79 Å². The Labute approximate surface area is 170 Å². The molecular weight excluding hydrogens is 382 g/mol. The number of fused-ring (bicyclic) bond motifs is 1. The van der Waals surface area contributed by atoms with Gasteiger partial charge in [-0.15, -0.1) is 23.7 Å². The molecule has 3 atom stereocenters. The molecule has 2 fully saturated rings. The third kappa shape index (κ3) is 4.05. The fourth-order valence-corrected chi connectivity index (χ4v) is 5.13. The van der Waals surface area contributed by atoms with Gasteiger partial charge < -0.3 is 15.5 Å². The summed E-state index contributed by atoms with van der Waals surface area (Å²) in [4.78, 5) is 27.4. The van der Waals surface area contributed by atoms with Gasteiger partial charge in [-0.05, 0) is 43.0 Å². The first-order valence-electron chi connectivity index (χ1n) is 9.61. The molecule has 0 aromatic carbocycles. The lowest BCUT2D eigenvalue weighted by atomic mass is 9.89. The number of piperidine rings is 2. The molecule has 6 nitrogen and oxygen atoms in total. The molecule has 2 aromatic heterocycles. The summed E-state index contributed by atoms with van der Waals surface area (Å²) in [6.07, 6.45) is 5.72. The maximum absolute atomic E-state index is 13.2. The number of thiophene rings is 1. The Morgan fingerprint density at radius 3 is 3.00 bits per heavy atom. The van der Waals surface area contributed by atoms with E-state index in [1.807, 2.05) is 0 Å². The number of halogens is 1. The SMILES string of the molecule is CC1CCN(C(=O)C2CCCN(c3ncnc4sccc34)C2)C(CN)C1.Cl. The second-order valence-corrected chi connectivity index (χ2v) is 8.57. The molecule has 4 rings (SSSR count). The molecular formula is C19H28ClN5OS. The van der Waals surface area contributed by atoms with E-state index in [4.69, 9.17) is 5.73 Å². The van der Waals surface area contributed by atoms with E-state index in [2.05, 4.69) is 38.1 Å². The van der Waals surface area contributed by atoms with Crippen LogP contribution in [0.15, 0.2) is 17.8 Å². The molecule has 2 aromatic rings. The molecule has 27 heavy (non-hydrogen) atoms. The number of rotatable bonds is 3. The topological polar surface area (TPSA) is 75.4 Å². The predicted octanol–water partition coefficient (Wildman–Crippen LogP) is 2.92. The van der Waals surface area contributed by atoms with Crippen LogP contribution in [0.1, 0.15) is 32.6 Å². The summed E-state index contributed by atoms with van der Waals surface area (Å²) < 4.78 is 0. The molecule has 0 spiro atoms. The van der Waals surface area contributed by atoms with Crippen molar-refractivity contribution >= 4 is 45.7 Å². The van der Waals surface area contributed by atoms with Crippen LogP contribution in [0.2, 0.25) is 0 Å². The average molecular weight is 410 g/mol. The summed E-state index contributed by atoms with van der Waals surface area (Å²) in [5, 5.41) is 3.15. The van der Waals surface area contributed by atoms with Crippen LogP contribution < -0.4 is 10.6 Å². The first kappa shape index (κ1) is 20.3. The Kier molecular flexibility index (Phi) is 6.55. The number of carbonyl (C=O) groups excluding carboxylic acids is 1. The van der Waals surface area contributed by atoms with Gasteiger partial charge in [0.1, 0.15) is 17.0 Å². The first-order chi connectivity index (χ1) is 12.7. The Balaban J connectivity index is 0.00000210. The van der Waals surface area contributed by atoms with E-state index in [0.717, 1.165) is 61.4 Å². The summed E-state index contributed by atoms with van der Waals surface area (Å²) in [7, 11) is 0. The van der Waals surface area contributed by atoms with Gasteiger partial charge in [0.25, 0.3) is 0 Å². The number of hydrogen-bond donors (Lipinski definition) is 1. The van der Waals surface area contributed by atoms with Gasteiger partial charge in [-0.2, -0.15) is 0 Å². The largest absolute Gasteiger partial charge is 0.355 e. The smallest absolute Gasteiger partial charge is 0.227 e. The lowest BCUT2D eigenvalue weighted by Gasteiger charge is -2.42. The molecule has 2 saturated heterocycles. The molecule has 0 aliphatic carbocycles. The van der Waals surface area contributed by atoms with Gasteiger partial charge in [-0.25, -0.2) is 9.97 Å². The first-order valence-corrected chi connectivity index (χ1v) is 10.5. The van der Waals surface area contributed by atoms with E-state index in [-0.39, 0.29) is 30.3 Å². The summed E-state index contributed by atoms with van der Waals surface area (Å²) >= 11 is 1.63. The van der Waals surface area contributed by atoms with Crippen molar-refractivity contribution in [2.75, 3.05) is 31.1 Å². The van der Waals surface area contributed by atoms with E-state index < -0.39 is 0 Å². The van der Waals surface area contributed by atoms with Gasteiger partial charge >= 0.3 is 0 Å². The zero-order valence-electron chi connectivity index (χ0n) is 15.7. The number of likely N-dealkylation sites (tertiary alicyclic amines) is 1. The maximum Gasteiger partial charge on any atom is 0.227 e. The van der Waals surface area contributed by atoms with Gasteiger partial charge in [-0.3, -0.25) is 4.79 Å². The molecule has 8 heteroatoms. The fourth-order valence-electron chi connectivity index (χ4n) is 4.40. The average Bonchev–Trinajstić information content (AvgIpc) is 3.16. The number of nitrogens with two attached hydrogens (primary N) is 1. The number of carbonyl (C=O) groups is 1. The van der Waals surface area contributed by atoms with Crippen LogP contribution in [0.25, 0.3) is 10.2 Å². The third-order valence-electron chi connectivity index (χ3n) is 5.84. The Morgan fingerprint density at radius 2 is 2.19 bits per heavy atom. The maximum atomic E-state index is 13.2. The quantitative estimate of drug-likeness (QED) is 0.843. The number of anilines is 1. The van der Waals surface area contributed by atoms with Crippen LogP contribution in [0.4, 0.5) is 5.82 Å². The van der Waals surface area contributed by atoms with E-state index in [0.29, 0.717) is 12.5 Å². The van der Waals surface area contributed by atoms with Crippen LogP contribution >= 0.6 is 23.7 Å². The Hall–Kier alpha value is -1.44. The highest BCUT2D eigenvalue weighted by Gasteiger charge is 2.35. The number of nitrogens with zero attached hydrogens (tertiary/aromatic N) is 4. The lowest BCUT2D eigenvalue weighted by Crippen LogP contribution is -2.53. The van der Waals surface area contributed by atoms with Crippen molar-refractivity contribution in [3.63, 3.8) is 0 Å². The van der Waals surface area contributed by atoms with Gasteiger partial charge in [0.05, 0.1) is 11.3 Å². The summed E-state index contributed by atoms with van der Waals surface area (Å²) in [6, 6.07) is 2.28. The number of aromatic nitrogens is 2. The van der Waals surface area contributed by atoms with Crippen LogP contribution in [0.3, 0.4) is 0 Å². The van der Waals surface area contributed by atoms with Crippen molar-refractivity contribution in [2.24, 2.45) is 17.6 Å².